The van der Waals surface area contributed by atoms with E-state index >= 15 is 0 Å². The quantitative estimate of drug-likeness (QED) is 0.741. The molecule has 2 nitrogen and oxygen atoms in total. The number of pyridine rings is 1. The van der Waals surface area contributed by atoms with Gasteiger partial charge in [0.05, 0.1) is 12.0 Å². The molecule has 0 N–H and O–H groups in total. The Morgan fingerprint density at radius 2 is 1.89 bits per heavy atom. The topological polar surface area (TPSA) is 36.7 Å². The van der Waals surface area contributed by atoms with Crippen LogP contribution in [-0.2, 0) is 6.42 Å². The third kappa shape index (κ3) is 2.14. The van der Waals surface area contributed by atoms with Gasteiger partial charge in [-0.15, -0.1) is 0 Å². The Hall–Kier alpha value is -1.36. The zero-order valence-corrected chi connectivity index (χ0v) is 10.9. The molecule has 1 heterocycles. The van der Waals surface area contributed by atoms with Gasteiger partial charge in [-0.05, 0) is 43.7 Å². The number of hydrogen-bond acceptors (Lipinski definition) is 2. The maximum absolute atomic E-state index is 9.18. The molecule has 1 fully saturated rings. The lowest BCUT2D eigenvalue weighted by Gasteiger charge is -2.24. The summed E-state index contributed by atoms with van der Waals surface area (Å²) in [5.74, 6) is 0.758. The highest BCUT2D eigenvalue weighted by atomic mass is 14.7. The van der Waals surface area contributed by atoms with Gasteiger partial charge in [0.2, 0.25) is 0 Å². The SMILES string of the molecule is N#CC1CCCc2nc(C3CCCCC3)ccc21. The summed E-state index contributed by atoms with van der Waals surface area (Å²) in [6, 6.07) is 6.78. The van der Waals surface area contributed by atoms with Gasteiger partial charge < -0.3 is 0 Å². The number of rotatable bonds is 1. The van der Waals surface area contributed by atoms with Gasteiger partial charge >= 0.3 is 0 Å². The van der Waals surface area contributed by atoms with E-state index in [9.17, 15) is 5.26 Å². The summed E-state index contributed by atoms with van der Waals surface area (Å²) < 4.78 is 0. The molecular formula is C16H20N2. The van der Waals surface area contributed by atoms with Crippen molar-refractivity contribution in [3.8, 4) is 6.07 Å². The van der Waals surface area contributed by atoms with Crippen LogP contribution in [0.15, 0.2) is 12.1 Å². The second-order valence-electron chi connectivity index (χ2n) is 5.68. The Labute approximate surface area is 109 Å². The minimum atomic E-state index is 0.0849. The van der Waals surface area contributed by atoms with Crippen LogP contribution in [0.2, 0.25) is 0 Å². The third-order valence-corrected chi connectivity index (χ3v) is 4.49. The number of aromatic nitrogens is 1. The van der Waals surface area contributed by atoms with E-state index in [1.165, 1.54) is 49.1 Å². The van der Waals surface area contributed by atoms with E-state index in [0.717, 1.165) is 19.3 Å². The Kier molecular flexibility index (Phi) is 3.32. The minimum absolute atomic E-state index is 0.0849. The molecule has 1 unspecified atom stereocenters. The van der Waals surface area contributed by atoms with Crippen molar-refractivity contribution in [1.82, 2.24) is 4.98 Å². The molecule has 0 radical (unpaired) electrons. The summed E-state index contributed by atoms with van der Waals surface area (Å²) in [6.07, 6.45) is 9.88. The van der Waals surface area contributed by atoms with Crippen molar-refractivity contribution in [1.29, 1.82) is 5.26 Å². The molecule has 0 spiro atoms. The standard InChI is InChI=1S/C16H20N2/c17-11-13-7-4-8-16-14(13)9-10-15(18-16)12-5-2-1-3-6-12/h9-10,12-13H,1-8H2. The summed E-state index contributed by atoms with van der Waals surface area (Å²) in [4.78, 5) is 4.88. The van der Waals surface area contributed by atoms with E-state index < -0.39 is 0 Å². The van der Waals surface area contributed by atoms with E-state index in [4.69, 9.17) is 4.98 Å². The molecule has 1 atom stereocenters. The summed E-state index contributed by atoms with van der Waals surface area (Å²) in [7, 11) is 0. The highest BCUT2D eigenvalue weighted by molar-refractivity contribution is 5.33. The lowest BCUT2D eigenvalue weighted by molar-refractivity contribution is 0.435. The van der Waals surface area contributed by atoms with Crippen molar-refractivity contribution in [2.75, 3.05) is 0 Å². The van der Waals surface area contributed by atoms with E-state index in [1.54, 1.807) is 0 Å². The van der Waals surface area contributed by atoms with E-state index in [2.05, 4.69) is 18.2 Å². The van der Waals surface area contributed by atoms with Gasteiger partial charge in [-0.25, -0.2) is 0 Å². The van der Waals surface area contributed by atoms with Crippen molar-refractivity contribution < 1.29 is 0 Å². The number of fused-ring (bicyclic) bond motifs is 1. The van der Waals surface area contributed by atoms with Gasteiger partial charge in [0.25, 0.3) is 0 Å². The first-order valence-corrected chi connectivity index (χ1v) is 7.28. The summed E-state index contributed by atoms with van der Waals surface area (Å²) >= 11 is 0. The molecule has 2 aliphatic rings. The molecule has 2 heteroatoms. The lowest BCUT2D eigenvalue weighted by Crippen LogP contribution is -2.14. The molecule has 94 valence electrons. The van der Waals surface area contributed by atoms with Crippen molar-refractivity contribution in [2.45, 2.75) is 63.2 Å². The lowest BCUT2D eigenvalue weighted by atomic mass is 9.83. The molecule has 0 bridgehead atoms. The van der Waals surface area contributed by atoms with Crippen LogP contribution in [0.4, 0.5) is 0 Å². The van der Waals surface area contributed by atoms with Crippen LogP contribution in [0.1, 0.15) is 73.7 Å². The summed E-state index contributed by atoms with van der Waals surface area (Å²) in [5.41, 5.74) is 3.69. The average Bonchev–Trinajstić information content (AvgIpc) is 2.47. The molecule has 3 rings (SSSR count). The fourth-order valence-electron chi connectivity index (χ4n) is 3.44. The molecule has 0 aliphatic heterocycles. The zero-order valence-electron chi connectivity index (χ0n) is 10.9. The molecule has 0 aromatic carbocycles. The van der Waals surface area contributed by atoms with Crippen LogP contribution < -0.4 is 0 Å². The molecule has 0 amide bonds. The van der Waals surface area contributed by atoms with Gasteiger partial charge in [-0.2, -0.15) is 5.26 Å². The normalized spacial score (nSPS) is 24.3. The molecule has 1 aromatic rings. The van der Waals surface area contributed by atoms with Crippen LogP contribution >= 0.6 is 0 Å². The predicted octanol–water partition coefficient (Wildman–Crippen LogP) is 4.07. The average molecular weight is 240 g/mol. The summed E-state index contributed by atoms with van der Waals surface area (Å²) in [6.45, 7) is 0. The highest BCUT2D eigenvalue weighted by Crippen LogP contribution is 2.35. The van der Waals surface area contributed by atoms with Gasteiger partial charge in [0.1, 0.15) is 0 Å². The zero-order chi connectivity index (χ0) is 12.4. The predicted molar refractivity (Wildman–Crippen MR) is 71.4 cm³/mol. The largest absolute Gasteiger partial charge is 0.257 e. The Bertz CT molecular complexity index is 466. The third-order valence-electron chi connectivity index (χ3n) is 4.49. The van der Waals surface area contributed by atoms with Crippen LogP contribution in [0.3, 0.4) is 0 Å². The van der Waals surface area contributed by atoms with E-state index in [1.807, 2.05) is 0 Å². The van der Waals surface area contributed by atoms with Gasteiger partial charge in [-0.3, -0.25) is 4.98 Å². The molecule has 1 saturated carbocycles. The van der Waals surface area contributed by atoms with E-state index in [0.29, 0.717) is 5.92 Å². The maximum atomic E-state index is 9.18. The number of hydrogen-bond donors (Lipinski definition) is 0. The second-order valence-corrected chi connectivity index (χ2v) is 5.68. The first-order valence-electron chi connectivity index (χ1n) is 7.28. The molecular weight excluding hydrogens is 220 g/mol. The first kappa shape index (κ1) is 11.7. The van der Waals surface area contributed by atoms with Gasteiger partial charge in [0.15, 0.2) is 0 Å². The summed E-state index contributed by atoms with van der Waals surface area (Å²) in [5, 5.41) is 9.18. The Morgan fingerprint density at radius 1 is 1.06 bits per heavy atom. The van der Waals surface area contributed by atoms with Crippen LogP contribution in [0.5, 0.6) is 0 Å². The van der Waals surface area contributed by atoms with Crippen LogP contribution in [0, 0.1) is 11.3 Å². The Morgan fingerprint density at radius 3 is 2.67 bits per heavy atom. The minimum Gasteiger partial charge on any atom is -0.257 e. The van der Waals surface area contributed by atoms with Crippen LogP contribution in [0.25, 0.3) is 0 Å². The van der Waals surface area contributed by atoms with Crippen molar-refractivity contribution in [2.24, 2.45) is 0 Å². The second kappa shape index (κ2) is 5.10. The van der Waals surface area contributed by atoms with Crippen molar-refractivity contribution in [3.63, 3.8) is 0 Å². The maximum Gasteiger partial charge on any atom is 0.0730 e. The fraction of sp³-hybridized carbons (Fsp3) is 0.625. The molecule has 18 heavy (non-hydrogen) atoms. The van der Waals surface area contributed by atoms with Gasteiger partial charge in [0, 0.05) is 17.3 Å². The number of nitrogens with zero attached hydrogens (tertiary/aromatic N) is 2. The van der Waals surface area contributed by atoms with Crippen molar-refractivity contribution in [3.05, 3.63) is 29.1 Å². The first-order chi connectivity index (χ1) is 8.88. The molecule has 1 aromatic heterocycles. The van der Waals surface area contributed by atoms with Crippen molar-refractivity contribution >= 4 is 0 Å². The van der Waals surface area contributed by atoms with Gasteiger partial charge in [-0.1, -0.05) is 25.3 Å². The smallest absolute Gasteiger partial charge is 0.0730 e. The molecule has 0 saturated heterocycles. The fourth-order valence-corrected chi connectivity index (χ4v) is 3.44. The highest BCUT2D eigenvalue weighted by Gasteiger charge is 2.23. The van der Waals surface area contributed by atoms with Crippen LogP contribution in [-0.4, -0.2) is 4.98 Å². The number of nitriles is 1. The number of aryl methyl sites for hydroxylation is 1. The molecule has 2 aliphatic carbocycles. The van der Waals surface area contributed by atoms with E-state index in [-0.39, 0.29) is 5.92 Å². The monoisotopic (exact) mass is 240 g/mol. The Balaban J connectivity index is 1.88.